The van der Waals surface area contributed by atoms with E-state index in [2.05, 4.69) is 35.8 Å². The van der Waals surface area contributed by atoms with Gasteiger partial charge in [0.1, 0.15) is 0 Å². The van der Waals surface area contributed by atoms with Crippen molar-refractivity contribution in [1.82, 2.24) is 10.2 Å². The highest BCUT2D eigenvalue weighted by molar-refractivity contribution is 7.99. The van der Waals surface area contributed by atoms with Gasteiger partial charge in [-0.1, -0.05) is 6.92 Å². The van der Waals surface area contributed by atoms with Crippen molar-refractivity contribution >= 4 is 11.8 Å². The molecular formula is C13H26N2S. The summed E-state index contributed by atoms with van der Waals surface area (Å²) >= 11 is 2.08. The van der Waals surface area contributed by atoms with Crippen molar-refractivity contribution in [2.45, 2.75) is 45.2 Å². The molecule has 1 saturated carbocycles. The predicted molar refractivity (Wildman–Crippen MR) is 73.2 cm³/mol. The number of nitrogens with one attached hydrogen (secondary N) is 1. The standard InChI is InChI=1S/C13H26N2S/c1-3-16-8-4-7-15-10-13(12-5-6-12)14-9-11(15)2/h11-14H,3-10H2,1-2H3. The van der Waals surface area contributed by atoms with Gasteiger partial charge in [-0.25, -0.2) is 0 Å². The molecule has 0 aromatic heterocycles. The summed E-state index contributed by atoms with van der Waals surface area (Å²) in [6.45, 7) is 8.41. The van der Waals surface area contributed by atoms with Crippen LogP contribution in [0, 0.1) is 5.92 Å². The van der Waals surface area contributed by atoms with Crippen LogP contribution in [0.4, 0.5) is 0 Å². The molecule has 1 aliphatic heterocycles. The molecule has 1 aliphatic carbocycles. The second-order valence-electron chi connectivity index (χ2n) is 5.25. The Bertz CT molecular complexity index is 206. The van der Waals surface area contributed by atoms with Crippen LogP contribution >= 0.6 is 11.8 Å². The summed E-state index contributed by atoms with van der Waals surface area (Å²) in [5, 5.41) is 3.72. The van der Waals surface area contributed by atoms with Crippen molar-refractivity contribution in [2.75, 3.05) is 31.1 Å². The highest BCUT2D eigenvalue weighted by Crippen LogP contribution is 2.34. The lowest BCUT2D eigenvalue weighted by Crippen LogP contribution is -2.56. The Hall–Kier alpha value is 0.270. The normalized spacial score (nSPS) is 31.9. The van der Waals surface area contributed by atoms with E-state index >= 15 is 0 Å². The Labute approximate surface area is 105 Å². The molecule has 16 heavy (non-hydrogen) atoms. The average Bonchev–Trinajstić information content (AvgIpc) is 3.10. The molecule has 0 aromatic rings. The molecule has 1 N–H and O–H groups in total. The summed E-state index contributed by atoms with van der Waals surface area (Å²) in [7, 11) is 0. The summed E-state index contributed by atoms with van der Waals surface area (Å²) in [6, 6.07) is 1.54. The summed E-state index contributed by atoms with van der Waals surface area (Å²) in [6.07, 6.45) is 4.29. The van der Waals surface area contributed by atoms with E-state index in [0.717, 1.165) is 18.0 Å². The molecule has 2 unspecified atom stereocenters. The topological polar surface area (TPSA) is 15.3 Å². The summed E-state index contributed by atoms with van der Waals surface area (Å²) < 4.78 is 0. The minimum atomic E-state index is 0.738. The molecule has 2 rings (SSSR count). The highest BCUT2D eigenvalue weighted by Gasteiger charge is 2.35. The number of piperazine rings is 1. The molecule has 0 aromatic carbocycles. The van der Waals surface area contributed by atoms with Crippen molar-refractivity contribution in [2.24, 2.45) is 5.92 Å². The lowest BCUT2D eigenvalue weighted by molar-refractivity contribution is 0.133. The van der Waals surface area contributed by atoms with Gasteiger partial charge in [-0.2, -0.15) is 11.8 Å². The van der Waals surface area contributed by atoms with Crippen LogP contribution in [0.2, 0.25) is 0 Å². The van der Waals surface area contributed by atoms with E-state index in [4.69, 9.17) is 0 Å². The minimum Gasteiger partial charge on any atom is -0.311 e. The van der Waals surface area contributed by atoms with Crippen molar-refractivity contribution < 1.29 is 0 Å². The van der Waals surface area contributed by atoms with Gasteiger partial charge in [-0.3, -0.25) is 4.90 Å². The summed E-state index contributed by atoms with van der Waals surface area (Å²) in [4.78, 5) is 2.70. The Morgan fingerprint density at radius 3 is 2.88 bits per heavy atom. The van der Waals surface area contributed by atoms with Crippen LogP contribution in [0.25, 0.3) is 0 Å². The van der Waals surface area contributed by atoms with E-state index < -0.39 is 0 Å². The third-order valence-corrected chi connectivity index (χ3v) is 4.84. The zero-order chi connectivity index (χ0) is 11.4. The molecule has 3 heteroatoms. The van der Waals surface area contributed by atoms with E-state index in [-0.39, 0.29) is 0 Å². The molecule has 2 fully saturated rings. The third-order valence-electron chi connectivity index (χ3n) is 3.86. The molecule has 1 heterocycles. The molecule has 1 saturated heterocycles. The maximum Gasteiger partial charge on any atom is 0.0224 e. The van der Waals surface area contributed by atoms with Crippen LogP contribution in [0.15, 0.2) is 0 Å². The second-order valence-corrected chi connectivity index (χ2v) is 6.64. The number of hydrogen-bond acceptors (Lipinski definition) is 3. The lowest BCUT2D eigenvalue weighted by atomic mass is 10.1. The van der Waals surface area contributed by atoms with Gasteiger partial charge in [0, 0.05) is 25.2 Å². The molecule has 0 spiro atoms. The average molecular weight is 242 g/mol. The molecular weight excluding hydrogens is 216 g/mol. The van der Waals surface area contributed by atoms with Crippen LogP contribution in [0.3, 0.4) is 0 Å². The van der Waals surface area contributed by atoms with Crippen LogP contribution in [-0.4, -0.2) is 48.1 Å². The zero-order valence-corrected chi connectivity index (χ0v) is 11.6. The monoisotopic (exact) mass is 242 g/mol. The quantitative estimate of drug-likeness (QED) is 0.719. The molecule has 2 atom stereocenters. The van der Waals surface area contributed by atoms with E-state index in [1.165, 1.54) is 50.4 Å². The number of hydrogen-bond donors (Lipinski definition) is 1. The Morgan fingerprint density at radius 1 is 1.38 bits per heavy atom. The molecule has 2 nitrogen and oxygen atoms in total. The van der Waals surface area contributed by atoms with Crippen LogP contribution < -0.4 is 5.32 Å². The maximum atomic E-state index is 3.72. The lowest BCUT2D eigenvalue weighted by Gasteiger charge is -2.39. The van der Waals surface area contributed by atoms with Gasteiger partial charge in [-0.05, 0) is 50.2 Å². The van der Waals surface area contributed by atoms with Crippen LogP contribution in [-0.2, 0) is 0 Å². The first-order valence-electron chi connectivity index (χ1n) is 6.86. The molecule has 0 amide bonds. The smallest absolute Gasteiger partial charge is 0.0224 e. The van der Waals surface area contributed by atoms with Crippen LogP contribution in [0.5, 0.6) is 0 Å². The SMILES string of the molecule is CCSCCCN1CC(C2CC2)NCC1C. The molecule has 0 radical (unpaired) electrons. The number of rotatable bonds is 6. The second kappa shape index (κ2) is 6.27. The van der Waals surface area contributed by atoms with Crippen molar-refractivity contribution in [3.63, 3.8) is 0 Å². The fourth-order valence-corrected chi connectivity index (χ4v) is 3.21. The van der Waals surface area contributed by atoms with E-state index in [1.54, 1.807) is 0 Å². The molecule has 0 bridgehead atoms. The minimum absolute atomic E-state index is 0.738. The fourth-order valence-electron chi connectivity index (χ4n) is 2.59. The van der Waals surface area contributed by atoms with Gasteiger partial charge >= 0.3 is 0 Å². The maximum absolute atomic E-state index is 3.72. The van der Waals surface area contributed by atoms with Crippen LogP contribution in [0.1, 0.15) is 33.1 Å². The van der Waals surface area contributed by atoms with E-state index in [0.29, 0.717) is 0 Å². The van der Waals surface area contributed by atoms with Gasteiger partial charge < -0.3 is 5.32 Å². The van der Waals surface area contributed by atoms with Gasteiger partial charge in [0.05, 0.1) is 0 Å². The van der Waals surface area contributed by atoms with Gasteiger partial charge in [-0.15, -0.1) is 0 Å². The van der Waals surface area contributed by atoms with Gasteiger partial charge in [0.15, 0.2) is 0 Å². The largest absolute Gasteiger partial charge is 0.311 e. The molecule has 94 valence electrons. The van der Waals surface area contributed by atoms with Gasteiger partial charge in [0.25, 0.3) is 0 Å². The third kappa shape index (κ3) is 3.64. The Balaban J connectivity index is 1.68. The van der Waals surface area contributed by atoms with E-state index in [1.807, 2.05) is 0 Å². The Morgan fingerprint density at radius 2 is 2.19 bits per heavy atom. The van der Waals surface area contributed by atoms with Crippen molar-refractivity contribution in [3.05, 3.63) is 0 Å². The summed E-state index contributed by atoms with van der Waals surface area (Å²) in [5.41, 5.74) is 0. The number of thioether (sulfide) groups is 1. The van der Waals surface area contributed by atoms with Crippen molar-refractivity contribution in [1.29, 1.82) is 0 Å². The number of nitrogens with zero attached hydrogens (tertiary/aromatic N) is 1. The van der Waals surface area contributed by atoms with Crippen molar-refractivity contribution in [3.8, 4) is 0 Å². The first-order valence-corrected chi connectivity index (χ1v) is 8.02. The summed E-state index contributed by atoms with van der Waals surface area (Å²) in [5.74, 6) is 3.60. The first-order chi connectivity index (χ1) is 7.81. The predicted octanol–water partition coefficient (Wildman–Crippen LogP) is 2.20. The van der Waals surface area contributed by atoms with Gasteiger partial charge in [0.2, 0.25) is 0 Å². The Kier molecular flexibility index (Phi) is 4.98. The van der Waals surface area contributed by atoms with E-state index in [9.17, 15) is 0 Å². The zero-order valence-electron chi connectivity index (χ0n) is 10.7. The highest BCUT2D eigenvalue weighted by atomic mass is 32.2. The fraction of sp³-hybridized carbons (Fsp3) is 1.00. The first kappa shape index (κ1) is 12.7. The molecule has 2 aliphatic rings.